The van der Waals surface area contributed by atoms with Gasteiger partial charge in [-0.05, 0) is 38.0 Å². The fourth-order valence-electron chi connectivity index (χ4n) is 1.69. The summed E-state index contributed by atoms with van der Waals surface area (Å²) in [6.45, 7) is 7.45. The van der Waals surface area contributed by atoms with Crippen LogP contribution in [0.5, 0.6) is 5.75 Å². The highest BCUT2D eigenvalue weighted by Crippen LogP contribution is 2.21. The highest BCUT2D eigenvalue weighted by atomic mass is 16.6. The molecule has 1 atom stereocenters. The summed E-state index contributed by atoms with van der Waals surface area (Å²) in [6, 6.07) is 5.04. The van der Waals surface area contributed by atoms with Gasteiger partial charge in [0, 0.05) is 19.7 Å². The van der Waals surface area contributed by atoms with E-state index in [-0.39, 0.29) is 5.91 Å². The number of nitrogens with zero attached hydrogens (tertiary/aromatic N) is 1. The third kappa shape index (κ3) is 5.00. The van der Waals surface area contributed by atoms with Crippen LogP contribution in [0, 0.1) is 6.92 Å². The van der Waals surface area contributed by atoms with Crippen molar-refractivity contribution >= 4 is 11.9 Å². The zero-order chi connectivity index (χ0) is 16.7. The quantitative estimate of drug-likeness (QED) is 0.336. The van der Waals surface area contributed by atoms with E-state index in [0.717, 1.165) is 5.56 Å². The Morgan fingerprint density at radius 1 is 1.36 bits per heavy atom. The Labute approximate surface area is 131 Å². The maximum Gasteiger partial charge on any atom is 0.340 e. The summed E-state index contributed by atoms with van der Waals surface area (Å²) in [5, 5.41) is 0. The number of ether oxygens (including phenoxy) is 2. The number of hydrogen-bond acceptors (Lipinski definition) is 4. The molecule has 0 saturated carbocycles. The third-order valence-corrected chi connectivity index (χ3v) is 3.07. The molecule has 1 unspecified atom stereocenters. The smallest absolute Gasteiger partial charge is 0.340 e. The first-order chi connectivity index (χ1) is 10.4. The predicted octanol–water partition coefficient (Wildman–Crippen LogP) is 2.58. The third-order valence-electron chi connectivity index (χ3n) is 3.07. The minimum Gasteiger partial charge on any atom is -0.424 e. The number of carbonyl (C=O) groups excluding carboxylic acids is 2. The summed E-state index contributed by atoms with van der Waals surface area (Å²) >= 11 is 0. The largest absolute Gasteiger partial charge is 0.424 e. The lowest BCUT2D eigenvalue weighted by molar-refractivity contribution is -0.146. The molecule has 0 N–H and O–H groups in total. The molecule has 1 aromatic carbocycles. The van der Waals surface area contributed by atoms with Gasteiger partial charge in [0.05, 0.1) is 6.61 Å². The molecule has 22 heavy (non-hydrogen) atoms. The van der Waals surface area contributed by atoms with Gasteiger partial charge < -0.3 is 14.4 Å². The Bertz CT molecular complexity index is 552. The maximum atomic E-state index is 12.0. The Hall–Kier alpha value is -2.14. The van der Waals surface area contributed by atoms with E-state index in [1.165, 1.54) is 4.90 Å². The minimum atomic E-state index is -0.674. The first-order valence-corrected chi connectivity index (χ1v) is 7.13. The zero-order valence-corrected chi connectivity index (χ0v) is 13.6. The topological polar surface area (TPSA) is 55.8 Å². The van der Waals surface area contributed by atoms with Gasteiger partial charge in [0.1, 0.15) is 5.75 Å². The molecule has 0 spiro atoms. The van der Waals surface area contributed by atoms with Crippen LogP contribution in [0.25, 0.3) is 0 Å². The number of esters is 1. The van der Waals surface area contributed by atoms with Crippen LogP contribution in [0.2, 0.25) is 0 Å². The van der Waals surface area contributed by atoms with Crippen molar-refractivity contribution in [2.45, 2.75) is 26.4 Å². The van der Waals surface area contributed by atoms with Crippen LogP contribution >= 0.6 is 0 Å². The molecule has 0 radical (unpaired) electrons. The number of hydrogen-bond donors (Lipinski definition) is 0. The minimum absolute atomic E-state index is 0.146. The molecule has 0 aliphatic rings. The Morgan fingerprint density at radius 3 is 2.64 bits per heavy atom. The molecule has 5 nitrogen and oxygen atoms in total. The van der Waals surface area contributed by atoms with E-state index in [1.54, 1.807) is 45.3 Å². The van der Waals surface area contributed by atoms with E-state index in [4.69, 9.17) is 9.47 Å². The average Bonchev–Trinajstić information content (AvgIpc) is 2.48. The number of carbonyl (C=O) groups is 2. The van der Waals surface area contributed by atoms with Gasteiger partial charge in [-0.15, -0.1) is 6.58 Å². The van der Waals surface area contributed by atoms with Crippen LogP contribution in [-0.4, -0.2) is 43.6 Å². The van der Waals surface area contributed by atoms with E-state index >= 15 is 0 Å². The SMILES string of the molecule is C=CCCOC(C)C(=O)Oc1cc(C(=O)N(C)C)ccc1C. The van der Waals surface area contributed by atoms with E-state index in [0.29, 0.717) is 24.3 Å². The van der Waals surface area contributed by atoms with Crippen LogP contribution in [-0.2, 0) is 9.53 Å². The van der Waals surface area contributed by atoms with E-state index < -0.39 is 12.1 Å². The van der Waals surface area contributed by atoms with Crippen LogP contribution in [0.15, 0.2) is 30.9 Å². The van der Waals surface area contributed by atoms with Crippen molar-refractivity contribution in [3.05, 3.63) is 42.0 Å². The average molecular weight is 305 g/mol. The van der Waals surface area contributed by atoms with E-state index in [2.05, 4.69) is 6.58 Å². The molecule has 120 valence electrons. The molecular weight excluding hydrogens is 282 g/mol. The van der Waals surface area contributed by atoms with Crippen LogP contribution < -0.4 is 4.74 Å². The van der Waals surface area contributed by atoms with Crippen molar-refractivity contribution in [3.8, 4) is 5.75 Å². The molecule has 0 fully saturated rings. The van der Waals surface area contributed by atoms with Crippen molar-refractivity contribution in [1.82, 2.24) is 4.90 Å². The maximum absolute atomic E-state index is 12.0. The summed E-state index contributed by atoms with van der Waals surface area (Å²) in [4.78, 5) is 25.4. The van der Waals surface area contributed by atoms with Gasteiger partial charge in [-0.2, -0.15) is 0 Å². The number of aryl methyl sites for hydroxylation is 1. The number of amides is 1. The van der Waals surface area contributed by atoms with Crippen LogP contribution in [0.3, 0.4) is 0 Å². The van der Waals surface area contributed by atoms with Crippen LogP contribution in [0.4, 0.5) is 0 Å². The zero-order valence-electron chi connectivity index (χ0n) is 13.6. The molecular formula is C17H23NO4. The monoisotopic (exact) mass is 305 g/mol. The predicted molar refractivity (Wildman–Crippen MR) is 85.1 cm³/mol. The van der Waals surface area contributed by atoms with Gasteiger partial charge in [0.2, 0.25) is 0 Å². The van der Waals surface area contributed by atoms with Gasteiger partial charge in [0.25, 0.3) is 5.91 Å². The van der Waals surface area contributed by atoms with Gasteiger partial charge in [0.15, 0.2) is 6.10 Å². The summed E-state index contributed by atoms with van der Waals surface area (Å²) in [6.07, 6.45) is 1.72. The van der Waals surface area contributed by atoms with Crippen molar-refractivity contribution in [3.63, 3.8) is 0 Å². The molecule has 1 aromatic rings. The Balaban J connectivity index is 2.79. The second kappa shape index (κ2) is 8.34. The first kappa shape index (κ1) is 17.9. The lowest BCUT2D eigenvalue weighted by Gasteiger charge is -2.15. The highest BCUT2D eigenvalue weighted by Gasteiger charge is 2.18. The van der Waals surface area contributed by atoms with Gasteiger partial charge in [-0.3, -0.25) is 4.79 Å². The molecule has 1 rings (SSSR count). The van der Waals surface area contributed by atoms with Crippen molar-refractivity contribution in [2.75, 3.05) is 20.7 Å². The summed E-state index contributed by atoms with van der Waals surface area (Å²) in [5.41, 5.74) is 1.25. The number of rotatable bonds is 7. The van der Waals surface area contributed by atoms with Crippen molar-refractivity contribution in [2.24, 2.45) is 0 Å². The molecule has 0 aliphatic carbocycles. The molecule has 1 amide bonds. The molecule has 0 aromatic heterocycles. The lowest BCUT2D eigenvalue weighted by Crippen LogP contribution is -2.27. The highest BCUT2D eigenvalue weighted by molar-refractivity contribution is 5.94. The summed E-state index contributed by atoms with van der Waals surface area (Å²) in [7, 11) is 3.34. The second-order valence-electron chi connectivity index (χ2n) is 5.19. The summed E-state index contributed by atoms with van der Waals surface area (Å²) in [5.74, 6) is -0.258. The molecule has 0 bridgehead atoms. The van der Waals surface area contributed by atoms with Gasteiger partial charge in [-0.1, -0.05) is 12.1 Å². The van der Waals surface area contributed by atoms with E-state index in [9.17, 15) is 9.59 Å². The molecule has 5 heteroatoms. The Morgan fingerprint density at radius 2 is 2.05 bits per heavy atom. The Kier molecular flexibility index (Phi) is 6.79. The number of benzene rings is 1. The fraction of sp³-hybridized carbons (Fsp3) is 0.412. The van der Waals surface area contributed by atoms with Crippen LogP contribution in [0.1, 0.15) is 29.3 Å². The van der Waals surface area contributed by atoms with Crippen molar-refractivity contribution in [1.29, 1.82) is 0 Å². The summed E-state index contributed by atoms with van der Waals surface area (Å²) < 4.78 is 10.7. The molecule has 0 saturated heterocycles. The fourth-order valence-corrected chi connectivity index (χ4v) is 1.69. The van der Waals surface area contributed by atoms with E-state index in [1.807, 2.05) is 6.92 Å². The standard InChI is InChI=1S/C17H23NO4/c1-6-7-10-21-13(3)17(20)22-15-11-14(9-8-12(15)2)16(19)18(4)5/h6,8-9,11,13H,1,7,10H2,2-5H3. The normalized spacial score (nSPS) is 11.6. The molecule has 0 aliphatic heterocycles. The lowest BCUT2D eigenvalue weighted by atomic mass is 10.1. The van der Waals surface area contributed by atoms with Crippen molar-refractivity contribution < 1.29 is 19.1 Å². The molecule has 0 heterocycles. The second-order valence-corrected chi connectivity index (χ2v) is 5.19. The first-order valence-electron chi connectivity index (χ1n) is 7.13. The van der Waals surface area contributed by atoms with Gasteiger partial charge in [-0.25, -0.2) is 4.79 Å². The van der Waals surface area contributed by atoms with Gasteiger partial charge >= 0.3 is 5.97 Å².